The van der Waals surface area contributed by atoms with Crippen molar-refractivity contribution in [3.05, 3.63) is 16.0 Å². The van der Waals surface area contributed by atoms with Gasteiger partial charge >= 0.3 is 5.97 Å². The number of nitrogens with one attached hydrogen (secondary N) is 1. The molecular weight excluding hydrogens is 334 g/mol. The van der Waals surface area contributed by atoms with Crippen molar-refractivity contribution >= 4 is 28.2 Å². The van der Waals surface area contributed by atoms with Gasteiger partial charge in [0.15, 0.2) is 0 Å². The minimum absolute atomic E-state index is 0.104. The number of hydrogen-bond acceptors (Lipinski definition) is 3. The molecule has 4 fully saturated rings. The number of anilines is 1. The molecule has 0 radical (unpaired) electrons. The molecule has 5 aliphatic carbocycles. The number of fused-ring (bicyclic) bond motifs is 1. The molecule has 5 aliphatic rings. The molecule has 1 amide bonds. The van der Waals surface area contributed by atoms with Gasteiger partial charge in [-0.25, -0.2) is 4.79 Å². The second-order valence-corrected chi connectivity index (χ2v) is 9.98. The zero-order valence-electron chi connectivity index (χ0n) is 14.5. The average Bonchev–Trinajstić information content (AvgIpc) is 2.91. The topological polar surface area (TPSA) is 66.4 Å². The number of thiophene rings is 1. The predicted octanol–water partition coefficient (Wildman–Crippen LogP) is 4.48. The minimum atomic E-state index is -0.889. The molecule has 1 aromatic rings. The molecular formula is C20H25NO3S. The molecule has 6 rings (SSSR count). The number of aromatic carboxylic acids is 1. The molecule has 5 heteroatoms. The maximum atomic E-state index is 13.3. The Morgan fingerprint density at radius 3 is 2.20 bits per heavy atom. The van der Waals surface area contributed by atoms with Crippen molar-refractivity contribution in [1.82, 2.24) is 0 Å². The lowest BCUT2D eigenvalue weighted by Crippen LogP contribution is -2.51. The highest BCUT2D eigenvalue weighted by molar-refractivity contribution is 7.17. The number of carboxylic acids is 1. The maximum Gasteiger partial charge on any atom is 0.339 e. The van der Waals surface area contributed by atoms with E-state index in [-0.39, 0.29) is 11.3 Å². The number of carbonyl (C=O) groups is 2. The standard InChI is InChI=1S/C20H25NO3S/c22-18(23)16-14-3-1-2-4-15(14)25-17(16)21-19(24)20-8-11-5-12(9-20)7-13(6-11)10-20/h11-13H,1-10H2,(H,21,24)(H,22,23). The first kappa shape index (κ1) is 15.9. The van der Waals surface area contributed by atoms with Gasteiger partial charge in [0.2, 0.25) is 5.91 Å². The molecule has 2 N–H and O–H groups in total. The van der Waals surface area contributed by atoms with Crippen LogP contribution < -0.4 is 5.32 Å². The van der Waals surface area contributed by atoms with Gasteiger partial charge in [0, 0.05) is 4.88 Å². The fraction of sp³-hybridized carbons (Fsp3) is 0.700. The van der Waals surface area contributed by atoms with Gasteiger partial charge in [-0.1, -0.05) is 0 Å². The van der Waals surface area contributed by atoms with Gasteiger partial charge < -0.3 is 10.4 Å². The highest BCUT2D eigenvalue weighted by Gasteiger charge is 2.54. The third-order valence-electron chi connectivity index (χ3n) is 7.13. The van der Waals surface area contributed by atoms with Crippen molar-refractivity contribution in [2.24, 2.45) is 23.2 Å². The molecule has 134 valence electrons. The van der Waals surface area contributed by atoms with Crippen LogP contribution in [0.3, 0.4) is 0 Å². The van der Waals surface area contributed by atoms with E-state index in [9.17, 15) is 14.7 Å². The van der Waals surface area contributed by atoms with Gasteiger partial charge in [-0.3, -0.25) is 4.79 Å². The lowest BCUT2D eigenvalue weighted by Gasteiger charge is -2.55. The lowest BCUT2D eigenvalue weighted by molar-refractivity contribution is -0.140. The van der Waals surface area contributed by atoms with Crippen LogP contribution in [0.5, 0.6) is 0 Å². The van der Waals surface area contributed by atoms with Gasteiger partial charge in [-0.2, -0.15) is 0 Å². The van der Waals surface area contributed by atoms with Crippen LogP contribution in [0.25, 0.3) is 0 Å². The molecule has 0 spiro atoms. The van der Waals surface area contributed by atoms with E-state index in [0.29, 0.717) is 28.3 Å². The van der Waals surface area contributed by atoms with Crippen LogP contribution in [0, 0.1) is 23.2 Å². The molecule has 0 unspecified atom stereocenters. The smallest absolute Gasteiger partial charge is 0.339 e. The summed E-state index contributed by atoms with van der Waals surface area (Å²) < 4.78 is 0. The van der Waals surface area contributed by atoms with E-state index < -0.39 is 5.97 Å². The third kappa shape index (κ3) is 2.46. The van der Waals surface area contributed by atoms with E-state index in [4.69, 9.17) is 0 Å². The molecule has 25 heavy (non-hydrogen) atoms. The summed E-state index contributed by atoms with van der Waals surface area (Å²) in [7, 11) is 0. The molecule has 0 atom stereocenters. The fourth-order valence-electron chi connectivity index (χ4n) is 6.50. The molecule has 4 saturated carbocycles. The fourth-order valence-corrected chi connectivity index (χ4v) is 7.78. The first-order chi connectivity index (χ1) is 12.0. The van der Waals surface area contributed by atoms with Crippen LogP contribution >= 0.6 is 11.3 Å². The number of carboxylic acid groups (broad SMARTS) is 1. The lowest BCUT2D eigenvalue weighted by atomic mass is 9.49. The Morgan fingerprint density at radius 1 is 1.00 bits per heavy atom. The molecule has 0 aromatic carbocycles. The zero-order chi connectivity index (χ0) is 17.2. The van der Waals surface area contributed by atoms with Gasteiger partial charge in [-0.15, -0.1) is 11.3 Å². The van der Waals surface area contributed by atoms with Crippen LogP contribution in [0.2, 0.25) is 0 Å². The van der Waals surface area contributed by atoms with Crippen molar-refractivity contribution < 1.29 is 14.7 Å². The van der Waals surface area contributed by atoms with E-state index in [1.165, 1.54) is 35.5 Å². The minimum Gasteiger partial charge on any atom is -0.478 e. The molecule has 0 saturated heterocycles. The first-order valence-corrected chi connectivity index (χ1v) is 10.5. The van der Waals surface area contributed by atoms with Gasteiger partial charge in [0.25, 0.3) is 0 Å². The summed E-state index contributed by atoms with van der Waals surface area (Å²) in [6.07, 6.45) is 10.9. The summed E-state index contributed by atoms with van der Waals surface area (Å²) >= 11 is 1.51. The third-order valence-corrected chi connectivity index (χ3v) is 8.34. The van der Waals surface area contributed by atoms with Gasteiger partial charge in [0.1, 0.15) is 5.00 Å². The largest absolute Gasteiger partial charge is 0.478 e. The Labute approximate surface area is 152 Å². The number of aryl methyl sites for hydroxylation is 1. The normalized spacial score (nSPS) is 35.4. The summed E-state index contributed by atoms with van der Waals surface area (Å²) in [6, 6.07) is 0. The predicted molar refractivity (Wildman–Crippen MR) is 97.2 cm³/mol. The van der Waals surface area contributed by atoms with E-state index in [1.807, 2.05) is 0 Å². The summed E-state index contributed by atoms with van der Waals surface area (Å²) in [5.74, 6) is 1.36. The number of amides is 1. The second-order valence-electron chi connectivity index (χ2n) is 8.87. The Balaban J connectivity index is 1.45. The average molecular weight is 359 g/mol. The van der Waals surface area contributed by atoms with Crippen LogP contribution in [0.4, 0.5) is 5.00 Å². The van der Waals surface area contributed by atoms with Gasteiger partial charge in [0.05, 0.1) is 11.0 Å². The molecule has 1 heterocycles. The molecule has 1 aromatic heterocycles. The van der Waals surface area contributed by atoms with E-state index in [2.05, 4.69) is 5.32 Å². The highest BCUT2D eigenvalue weighted by Crippen LogP contribution is 2.60. The van der Waals surface area contributed by atoms with Crippen LogP contribution in [0.15, 0.2) is 0 Å². The zero-order valence-corrected chi connectivity index (χ0v) is 15.3. The van der Waals surface area contributed by atoms with E-state index in [0.717, 1.165) is 50.5 Å². The van der Waals surface area contributed by atoms with Crippen molar-refractivity contribution in [3.8, 4) is 0 Å². The number of carbonyl (C=O) groups excluding carboxylic acids is 1. The second kappa shape index (κ2) is 5.57. The van der Waals surface area contributed by atoms with E-state index in [1.54, 1.807) is 0 Å². The van der Waals surface area contributed by atoms with Crippen molar-refractivity contribution in [2.45, 2.75) is 64.2 Å². The van der Waals surface area contributed by atoms with Crippen molar-refractivity contribution in [3.63, 3.8) is 0 Å². The van der Waals surface area contributed by atoms with E-state index >= 15 is 0 Å². The SMILES string of the molecule is O=C(O)c1c(NC(=O)C23CC4CC(CC(C4)C2)C3)sc2c1CCCC2. The van der Waals surface area contributed by atoms with Crippen molar-refractivity contribution in [2.75, 3.05) is 5.32 Å². The summed E-state index contributed by atoms with van der Waals surface area (Å²) in [5.41, 5.74) is 1.12. The first-order valence-electron chi connectivity index (χ1n) is 9.73. The number of rotatable bonds is 3. The molecule has 4 nitrogen and oxygen atoms in total. The Morgan fingerprint density at radius 2 is 1.60 bits per heavy atom. The Hall–Kier alpha value is -1.36. The monoisotopic (exact) mass is 359 g/mol. The Kier molecular flexibility index (Phi) is 3.53. The summed E-state index contributed by atoms with van der Waals surface area (Å²) in [6.45, 7) is 0. The number of hydrogen-bond donors (Lipinski definition) is 2. The van der Waals surface area contributed by atoms with Crippen LogP contribution in [0.1, 0.15) is 72.2 Å². The molecule has 4 bridgehead atoms. The van der Waals surface area contributed by atoms with Crippen molar-refractivity contribution in [1.29, 1.82) is 0 Å². The quantitative estimate of drug-likeness (QED) is 0.836. The van der Waals surface area contributed by atoms with Crippen LogP contribution in [-0.2, 0) is 17.6 Å². The molecule has 0 aliphatic heterocycles. The Bertz CT molecular complexity index is 715. The maximum absolute atomic E-state index is 13.3. The summed E-state index contributed by atoms with van der Waals surface area (Å²) in [5, 5.41) is 13.4. The highest BCUT2D eigenvalue weighted by atomic mass is 32.1. The summed E-state index contributed by atoms with van der Waals surface area (Å²) in [4.78, 5) is 26.3. The van der Waals surface area contributed by atoms with Gasteiger partial charge in [-0.05, 0) is 87.5 Å². The van der Waals surface area contributed by atoms with Crippen LogP contribution in [-0.4, -0.2) is 17.0 Å².